The van der Waals surface area contributed by atoms with Gasteiger partial charge in [-0.25, -0.2) is 4.39 Å². The summed E-state index contributed by atoms with van der Waals surface area (Å²) in [5, 5.41) is 10.3. The highest BCUT2D eigenvalue weighted by molar-refractivity contribution is 7.98. The Hall–Kier alpha value is -3.06. The average Bonchev–Trinajstić information content (AvgIpc) is 2.74. The van der Waals surface area contributed by atoms with E-state index in [1.54, 1.807) is 42.5 Å². The second-order valence-electron chi connectivity index (χ2n) is 6.25. The van der Waals surface area contributed by atoms with E-state index in [9.17, 15) is 19.1 Å². The fourth-order valence-corrected chi connectivity index (χ4v) is 3.69. The molecule has 0 bridgehead atoms. The van der Waals surface area contributed by atoms with Crippen molar-refractivity contribution in [1.29, 1.82) is 0 Å². The SMILES string of the molecule is COC(=O)C[C@H](c1ccccc1)c1oc(CSc2ccccc2F)cc(=O)c1O. The maximum absolute atomic E-state index is 13.8. The quantitative estimate of drug-likeness (QED) is 0.454. The highest BCUT2D eigenvalue weighted by Gasteiger charge is 2.26. The molecule has 5 nitrogen and oxygen atoms in total. The van der Waals surface area contributed by atoms with Crippen LogP contribution in [0.25, 0.3) is 0 Å². The molecule has 3 aromatic rings. The number of carbonyl (C=O) groups excluding carboxylic acids is 1. The number of aromatic hydroxyl groups is 1. The molecule has 0 aliphatic carbocycles. The lowest BCUT2D eigenvalue weighted by Gasteiger charge is -2.17. The molecule has 0 aliphatic rings. The highest BCUT2D eigenvalue weighted by Crippen LogP contribution is 2.34. The molecule has 3 rings (SSSR count). The predicted molar refractivity (Wildman–Crippen MR) is 108 cm³/mol. The van der Waals surface area contributed by atoms with Gasteiger partial charge >= 0.3 is 5.97 Å². The van der Waals surface area contributed by atoms with Crippen LogP contribution in [0.5, 0.6) is 5.75 Å². The lowest BCUT2D eigenvalue weighted by atomic mass is 9.92. The first-order chi connectivity index (χ1) is 14.0. The van der Waals surface area contributed by atoms with Gasteiger partial charge in [0, 0.05) is 11.0 Å². The van der Waals surface area contributed by atoms with E-state index in [0.29, 0.717) is 10.5 Å². The van der Waals surface area contributed by atoms with Crippen LogP contribution in [0.4, 0.5) is 4.39 Å². The van der Waals surface area contributed by atoms with Gasteiger partial charge < -0.3 is 14.3 Å². The summed E-state index contributed by atoms with van der Waals surface area (Å²) < 4.78 is 24.4. The lowest BCUT2D eigenvalue weighted by Crippen LogP contribution is -2.14. The minimum absolute atomic E-state index is 0.0155. The average molecular weight is 414 g/mol. The summed E-state index contributed by atoms with van der Waals surface area (Å²) in [6, 6.07) is 16.4. The number of hydrogen-bond donors (Lipinski definition) is 1. The summed E-state index contributed by atoms with van der Waals surface area (Å²) in [7, 11) is 1.27. The van der Waals surface area contributed by atoms with Crippen molar-refractivity contribution in [3.8, 4) is 5.75 Å². The monoisotopic (exact) mass is 414 g/mol. The molecule has 0 radical (unpaired) electrons. The number of benzene rings is 2. The van der Waals surface area contributed by atoms with Gasteiger partial charge in [0.05, 0.1) is 25.2 Å². The predicted octanol–water partition coefficient (Wildman–Crippen LogP) is 4.47. The van der Waals surface area contributed by atoms with E-state index in [1.807, 2.05) is 6.07 Å². The third kappa shape index (κ3) is 5.06. The zero-order valence-corrected chi connectivity index (χ0v) is 16.4. The molecule has 0 saturated heterocycles. The largest absolute Gasteiger partial charge is 0.502 e. The van der Waals surface area contributed by atoms with Crippen LogP contribution in [0.15, 0.2) is 74.8 Å². The molecule has 0 aliphatic heterocycles. The van der Waals surface area contributed by atoms with Gasteiger partial charge in [-0.15, -0.1) is 11.8 Å². The van der Waals surface area contributed by atoms with Crippen molar-refractivity contribution in [2.75, 3.05) is 7.11 Å². The third-order valence-corrected chi connectivity index (χ3v) is 5.39. The number of esters is 1. The van der Waals surface area contributed by atoms with Crippen molar-refractivity contribution in [3.63, 3.8) is 0 Å². The van der Waals surface area contributed by atoms with E-state index in [0.717, 1.165) is 0 Å². The van der Waals surface area contributed by atoms with Gasteiger partial charge in [0.1, 0.15) is 11.6 Å². The fraction of sp³-hybridized carbons (Fsp3) is 0.182. The van der Waals surface area contributed by atoms with Crippen molar-refractivity contribution in [2.24, 2.45) is 0 Å². The van der Waals surface area contributed by atoms with Crippen LogP contribution in [0.2, 0.25) is 0 Å². The Morgan fingerprint density at radius 2 is 1.86 bits per heavy atom. The maximum Gasteiger partial charge on any atom is 0.306 e. The fourth-order valence-electron chi connectivity index (χ4n) is 2.87. The first kappa shape index (κ1) is 20.7. The first-order valence-electron chi connectivity index (χ1n) is 8.84. The van der Waals surface area contributed by atoms with Crippen LogP contribution >= 0.6 is 11.8 Å². The van der Waals surface area contributed by atoms with E-state index >= 15 is 0 Å². The molecule has 0 fully saturated rings. The number of halogens is 1. The van der Waals surface area contributed by atoms with E-state index in [-0.39, 0.29) is 29.5 Å². The Morgan fingerprint density at radius 1 is 1.17 bits per heavy atom. The van der Waals surface area contributed by atoms with Gasteiger partial charge in [-0.05, 0) is 17.7 Å². The molecule has 2 aromatic carbocycles. The van der Waals surface area contributed by atoms with Crippen LogP contribution in [-0.2, 0) is 15.3 Å². The molecule has 1 heterocycles. The summed E-state index contributed by atoms with van der Waals surface area (Å²) in [5.41, 5.74) is 0.0661. The molecule has 1 atom stereocenters. The smallest absolute Gasteiger partial charge is 0.306 e. The summed E-state index contributed by atoms with van der Waals surface area (Å²) >= 11 is 1.17. The molecule has 150 valence electrons. The van der Waals surface area contributed by atoms with E-state index in [4.69, 9.17) is 9.15 Å². The van der Waals surface area contributed by atoms with Crippen molar-refractivity contribution >= 4 is 17.7 Å². The van der Waals surface area contributed by atoms with Crippen molar-refractivity contribution in [2.45, 2.75) is 23.0 Å². The number of ether oxygens (including phenoxy) is 1. The highest BCUT2D eigenvalue weighted by atomic mass is 32.2. The van der Waals surface area contributed by atoms with Gasteiger partial charge in [-0.3, -0.25) is 9.59 Å². The van der Waals surface area contributed by atoms with E-state index < -0.39 is 23.1 Å². The first-order valence-corrected chi connectivity index (χ1v) is 9.83. The number of hydrogen-bond acceptors (Lipinski definition) is 6. The minimum atomic E-state index is -0.699. The number of carbonyl (C=O) groups is 1. The summed E-state index contributed by atoms with van der Waals surface area (Å²) in [4.78, 5) is 24.7. The molecule has 0 saturated carbocycles. The normalized spacial score (nSPS) is 11.8. The van der Waals surface area contributed by atoms with Gasteiger partial charge in [-0.2, -0.15) is 0 Å². The van der Waals surface area contributed by atoms with Crippen LogP contribution in [0.3, 0.4) is 0 Å². The summed E-state index contributed by atoms with van der Waals surface area (Å²) in [5.74, 6) is -1.70. The van der Waals surface area contributed by atoms with Crippen molar-refractivity contribution in [1.82, 2.24) is 0 Å². The van der Waals surface area contributed by atoms with Crippen LogP contribution in [0, 0.1) is 5.82 Å². The molecule has 7 heteroatoms. The van der Waals surface area contributed by atoms with Crippen LogP contribution < -0.4 is 5.43 Å². The van der Waals surface area contributed by atoms with Gasteiger partial charge in [0.15, 0.2) is 5.76 Å². The van der Waals surface area contributed by atoms with Crippen molar-refractivity contribution in [3.05, 3.63) is 93.8 Å². The van der Waals surface area contributed by atoms with Crippen LogP contribution in [-0.4, -0.2) is 18.2 Å². The van der Waals surface area contributed by atoms with E-state index in [1.165, 1.54) is 31.0 Å². The molecular formula is C22H19FO5S. The number of rotatable bonds is 7. The number of thioether (sulfide) groups is 1. The second kappa shape index (κ2) is 9.43. The summed E-state index contributed by atoms with van der Waals surface area (Å²) in [6.45, 7) is 0. The zero-order chi connectivity index (χ0) is 20.8. The standard InChI is InChI=1S/C22H19FO5S/c1-27-20(25)12-16(14-7-3-2-4-8-14)22-21(26)18(24)11-15(28-22)13-29-19-10-6-5-9-17(19)23/h2-11,16,26H,12-13H2,1H3/t16-/m1/s1. The topological polar surface area (TPSA) is 76.7 Å². The van der Waals surface area contributed by atoms with Gasteiger partial charge in [-0.1, -0.05) is 42.5 Å². The van der Waals surface area contributed by atoms with E-state index in [2.05, 4.69) is 0 Å². The molecule has 29 heavy (non-hydrogen) atoms. The zero-order valence-electron chi connectivity index (χ0n) is 15.6. The molecule has 0 spiro atoms. The maximum atomic E-state index is 13.8. The number of methoxy groups -OCH3 is 1. The molecular weight excluding hydrogens is 395 g/mol. The lowest BCUT2D eigenvalue weighted by molar-refractivity contribution is -0.140. The van der Waals surface area contributed by atoms with Gasteiger partial charge in [0.2, 0.25) is 11.2 Å². The Bertz CT molecular complexity index is 1050. The molecule has 0 unspecified atom stereocenters. The molecule has 1 N–H and O–H groups in total. The van der Waals surface area contributed by atoms with Crippen molar-refractivity contribution < 1.29 is 23.4 Å². The molecule has 1 aromatic heterocycles. The van der Waals surface area contributed by atoms with Gasteiger partial charge in [0.25, 0.3) is 0 Å². The van der Waals surface area contributed by atoms with Crippen LogP contribution in [0.1, 0.15) is 29.4 Å². The molecule has 0 amide bonds. The Kier molecular flexibility index (Phi) is 6.72. The third-order valence-electron chi connectivity index (χ3n) is 4.32. The Morgan fingerprint density at radius 3 is 2.55 bits per heavy atom. The Balaban J connectivity index is 1.96. The minimum Gasteiger partial charge on any atom is -0.502 e. The Labute approximate surface area is 171 Å². The summed E-state index contributed by atoms with van der Waals surface area (Å²) in [6.07, 6.45) is -0.110. The second-order valence-corrected chi connectivity index (χ2v) is 7.27.